The van der Waals surface area contributed by atoms with Gasteiger partial charge in [-0.05, 0) is 29.8 Å². The second kappa shape index (κ2) is 8.05. The average molecular weight is 371 g/mol. The molecule has 1 unspecified atom stereocenters. The number of para-hydroxylation sites is 1. The third-order valence-electron chi connectivity index (χ3n) is 3.49. The minimum absolute atomic E-state index is 0.260. The summed E-state index contributed by atoms with van der Waals surface area (Å²) in [5.41, 5.74) is 1.69. The molecule has 0 bridgehead atoms. The Balaban J connectivity index is 1.84. The highest BCUT2D eigenvalue weighted by molar-refractivity contribution is 7.84. The quantitative estimate of drug-likeness (QED) is 0.728. The number of amides is 1. The molecule has 0 aliphatic heterocycles. The van der Waals surface area contributed by atoms with E-state index in [2.05, 4.69) is 10.3 Å². The van der Waals surface area contributed by atoms with E-state index in [9.17, 15) is 9.00 Å². The van der Waals surface area contributed by atoms with Crippen LogP contribution in [-0.4, -0.2) is 15.1 Å². The summed E-state index contributed by atoms with van der Waals surface area (Å²) in [7, 11) is -1.43. The molecule has 1 atom stereocenters. The number of pyridine rings is 1. The summed E-state index contributed by atoms with van der Waals surface area (Å²) < 4.78 is 12.7. The molecule has 2 aromatic carbocycles. The number of nitrogens with zero attached hydrogens (tertiary/aromatic N) is 1. The monoisotopic (exact) mass is 370 g/mol. The van der Waals surface area contributed by atoms with Crippen LogP contribution in [0.15, 0.2) is 78.0 Å². The molecule has 1 amide bonds. The van der Waals surface area contributed by atoms with Gasteiger partial charge in [0.05, 0.1) is 32.8 Å². The van der Waals surface area contributed by atoms with Crippen molar-refractivity contribution in [1.29, 1.82) is 0 Å². The summed E-state index contributed by atoms with van der Waals surface area (Å²) in [5, 5.41) is 3.44. The number of carbonyl (C=O) groups is 1. The number of nitrogens with one attached hydrogen (secondary N) is 1. The van der Waals surface area contributed by atoms with Crippen LogP contribution in [0.2, 0.25) is 5.02 Å². The molecule has 1 aromatic heterocycles. The van der Waals surface area contributed by atoms with E-state index >= 15 is 0 Å². The molecule has 3 rings (SSSR count). The predicted octanol–water partition coefficient (Wildman–Crippen LogP) is 4.30. The summed E-state index contributed by atoms with van der Waals surface area (Å²) >= 11 is 6.08. The van der Waals surface area contributed by atoms with Crippen LogP contribution in [0.1, 0.15) is 15.9 Å². The maximum atomic E-state index is 12.7. The number of hydrogen-bond donors (Lipinski definition) is 1. The van der Waals surface area contributed by atoms with E-state index in [0.29, 0.717) is 16.5 Å². The molecule has 3 aromatic rings. The van der Waals surface area contributed by atoms with Crippen molar-refractivity contribution in [3.63, 3.8) is 0 Å². The van der Waals surface area contributed by atoms with Crippen molar-refractivity contribution < 1.29 is 9.00 Å². The van der Waals surface area contributed by atoms with Gasteiger partial charge in [0.2, 0.25) is 0 Å². The number of anilines is 1. The van der Waals surface area contributed by atoms with E-state index in [1.165, 1.54) is 6.20 Å². The molecule has 0 fully saturated rings. The molecule has 0 aliphatic carbocycles. The number of benzene rings is 2. The lowest BCUT2D eigenvalue weighted by atomic mass is 10.2. The first kappa shape index (κ1) is 17.3. The van der Waals surface area contributed by atoms with Gasteiger partial charge in [-0.3, -0.25) is 9.00 Å². The minimum Gasteiger partial charge on any atom is -0.321 e. The van der Waals surface area contributed by atoms with E-state index in [-0.39, 0.29) is 10.6 Å². The first-order valence-electron chi connectivity index (χ1n) is 7.58. The Morgan fingerprint density at radius 3 is 2.48 bits per heavy atom. The molecule has 1 heterocycles. The fourth-order valence-electron chi connectivity index (χ4n) is 2.29. The number of aromatic nitrogens is 1. The average Bonchev–Trinajstić information content (AvgIpc) is 2.64. The largest absolute Gasteiger partial charge is 0.321 e. The first-order valence-corrected chi connectivity index (χ1v) is 9.28. The van der Waals surface area contributed by atoms with Gasteiger partial charge < -0.3 is 5.32 Å². The van der Waals surface area contributed by atoms with Gasteiger partial charge in [0.15, 0.2) is 0 Å². The molecule has 126 valence electrons. The summed E-state index contributed by atoms with van der Waals surface area (Å²) in [6.45, 7) is 0. The maximum absolute atomic E-state index is 12.7. The number of rotatable bonds is 5. The number of hydrogen-bond acceptors (Lipinski definition) is 3. The molecule has 4 nitrogen and oxygen atoms in total. The molecule has 0 radical (unpaired) electrons. The Morgan fingerprint density at radius 2 is 1.72 bits per heavy atom. The molecular formula is C19H15ClN2O2S. The van der Waals surface area contributed by atoms with E-state index in [1.807, 2.05) is 30.3 Å². The van der Waals surface area contributed by atoms with Crippen molar-refractivity contribution in [3.05, 3.63) is 89.1 Å². The predicted molar refractivity (Wildman–Crippen MR) is 100 cm³/mol. The zero-order chi connectivity index (χ0) is 17.6. The molecule has 0 aliphatic rings. The fraction of sp³-hybridized carbons (Fsp3) is 0.0526. The summed E-state index contributed by atoms with van der Waals surface area (Å²) in [4.78, 5) is 16.8. The molecule has 6 heteroatoms. The van der Waals surface area contributed by atoms with Crippen molar-refractivity contribution in [2.24, 2.45) is 0 Å². The van der Waals surface area contributed by atoms with Crippen LogP contribution in [0.25, 0.3) is 0 Å². The van der Waals surface area contributed by atoms with Crippen molar-refractivity contribution in [1.82, 2.24) is 4.98 Å². The Labute approximate surface area is 153 Å². The number of halogens is 1. The van der Waals surface area contributed by atoms with Gasteiger partial charge in [-0.2, -0.15) is 0 Å². The molecular weight excluding hydrogens is 356 g/mol. The van der Waals surface area contributed by atoms with Crippen molar-refractivity contribution >= 4 is 34.0 Å². The fourth-order valence-corrected chi connectivity index (χ4v) is 3.69. The van der Waals surface area contributed by atoms with Crippen molar-refractivity contribution in [3.8, 4) is 0 Å². The van der Waals surface area contributed by atoms with Gasteiger partial charge in [0.1, 0.15) is 5.03 Å². The molecule has 1 N–H and O–H groups in total. The first-order chi connectivity index (χ1) is 12.1. The van der Waals surface area contributed by atoms with Gasteiger partial charge in [0.25, 0.3) is 5.91 Å². The van der Waals surface area contributed by atoms with Crippen LogP contribution >= 0.6 is 11.6 Å². The molecule has 25 heavy (non-hydrogen) atoms. The summed E-state index contributed by atoms with van der Waals surface area (Å²) in [6, 6.07) is 19.7. The van der Waals surface area contributed by atoms with Crippen LogP contribution in [0.4, 0.5) is 5.69 Å². The zero-order valence-corrected chi connectivity index (χ0v) is 14.8. The van der Waals surface area contributed by atoms with E-state index in [4.69, 9.17) is 11.6 Å². The minimum atomic E-state index is -1.43. The Bertz CT molecular complexity index is 916. The van der Waals surface area contributed by atoms with Crippen LogP contribution in [-0.2, 0) is 16.6 Å². The molecule has 0 saturated heterocycles. The van der Waals surface area contributed by atoms with Gasteiger partial charge in [-0.15, -0.1) is 0 Å². The van der Waals surface area contributed by atoms with Gasteiger partial charge in [0, 0.05) is 6.20 Å². The van der Waals surface area contributed by atoms with E-state index in [1.54, 1.807) is 36.4 Å². The smallest absolute Gasteiger partial charge is 0.258 e. The van der Waals surface area contributed by atoms with Crippen LogP contribution in [0.3, 0.4) is 0 Å². The van der Waals surface area contributed by atoms with Crippen LogP contribution in [0, 0.1) is 0 Å². The molecule has 0 saturated carbocycles. The Kier molecular flexibility index (Phi) is 5.58. The standard InChI is InChI=1S/C19H15ClN2O2S/c20-16-10-4-5-11-17(16)22-18(23)15-9-6-12-21-19(15)25(24)13-14-7-2-1-3-8-14/h1-12H,13H2,(H,22,23). The van der Waals surface area contributed by atoms with Gasteiger partial charge >= 0.3 is 0 Å². The second-order valence-corrected chi connectivity index (χ2v) is 7.04. The summed E-state index contributed by atoms with van der Waals surface area (Å²) in [6.07, 6.45) is 1.53. The Hall–Kier alpha value is -2.50. The number of carbonyl (C=O) groups excluding carboxylic acids is 1. The molecule has 0 spiro atoms. The van der Waals surface area contributed by atoms with Crippen LogP contribution in [0.5, 0.6) is 0 Å². The van der Waals surface area contributed by atoms with Crippen LogP contribution < -0.4 is 5.32 Å². The second-order valence-electron chi connectivity index (χ2n) is 5.27. The highest BCUT2D eigenvalue weighted by Crippen LogP contribution is 2.22. The SMILES string of the molecule is O=C(Nc1ccccc1Cl)c1cccnc1S(=O)Cc1ccccc1. The zero-order valence-electron chi connectivity index (χ0n) is 13.2. The topological polar surface area (TPSA) is 59.1 Å². The Morgan fingerprint density at radius 1 is 1.00 bits per heavy atom. The highest BCUT2D eigenvalue weighted by atomic mass is 35.5. The van der Waals surface area contributed by atoms with Crippen molar-refractivity contribution in [2.45, 2.75) is 10.8 Å². The van der Waals surface area contributed by atoms with Gasteiger partial charge in [-0.1, -0.05) is 54.1 Å². The maximum Gasteiger partial charge on any atom is 0.258 e. The van der Waals surface area contributed by atoms with E-state index in [0.717, 1.165) is 5.56 Å². The van der Waals surface area contributed by atoms with Crippen molar-refractivity contribution in [2.75, 3.05) is 5.32 Å². The lowest BCUT2D eigenvalue weighted by molar-refractivity contribution is 0.102. The summed E-state index contributed by atoms with van der Waals surface area (Å²) in [5.74, 6) is -0.0952. The third kappa shape index (κ3) is 4.32. The lowest BCUT2D eigenvalue weighted by Crippen LogP contribution is -2.16. The van der Waals surface area contributed by atoms with Gasteiger partial charge in [-0.25, -0.2) is 4.98 Å². The van der Waals surface area contributed by atoms with E-state index < -0.39 is 16.7 Å². The third-order valence-corrected chi connectivity index (χ3v) is 5.18. The normalized spacial score (nSPS) is 11.7. The lowest BCUT2D eigenvalue weighted by Gasteiger charge is -2.10. The highest BCUT2D eigenvalue weighted by Gasteiger charge is 2.18.